The number of aliphatic hydroxyl groups excluding tert-OH is 1. The number of alkyl halides is 3. The molecule has 0 spiro atoms. The molecule has 1 saturated carbocycles. The smallest absolute Gasteiger partial charge is 0.391 e. The van der Waals surface area contributed by atoms with Crippen molar-refractivity contribution in [1.29, 1.82) is 0 Å². The van der Waals surface area contributed by atoms with Crippen LogP contribution in [0.3, 0.4) is 0 Å². The molecule has 0 amide bonds. The molecule has 0 unspecified atom stereocenters. The summed E-state index contributed by atoms with van der Waals surface area (Å²) in [5.41, 5.74) is 3.85. The molecule has 0 saturated heterocycles. The van der Waals surface area contributed by atoms with Crippen molar-refractivity contribution in [2.75, 3.05) is 0 Å². The predicted molar refractivity (Wildman–Crippen MR) is 75.9 cm³/mol. The summed E-state index contributed by atoms with van der Waals surface area (Å²) in [6, 6.07) is 0.0929. The van der Waals surface area contributed by atoms with E-state index in [0.29, 0.717) is 18.9 Å². The number of aliphatic hydroxyl groups is 1. The molecular weight excluding hydrogens is 322 g/mol. The number of nitrogens with two attached hydrogens (primary N) is 1. The van der Waals surface area contributed by atoms with Crippen molar-refractivity contribution < 1.29 is 22.7 Å². The lowest BCUT2D eigenvalue weighted by atomic mass is 9.80. The average molecular weight is 340 g/mol. The Morgan fingerprint density at radius 3 is 2.32 bits per heavy atom. The lowest BCUT2D eigenvalue weighted by molar-refractivity contribution is -0.139. The molecule has 1 aromatic rings. The maximum atomic E-state index is 14.1. The molecule has 1 aliphatic carbocycles. The third-order valence-corrected chi connectivity index (χ3v) is 4.56. The minimum Gasteiger partial charge on any atom is -0.391 e. The van der Waals surface area contributed by atoms with Gasteiger partial charge in [-0.3, -0.25) is 0 Å². The minimum absolute atomic E-state index is 0.219. The molecule has 3 N–H and O–H groups in total. The van der Waals surface area contributed by atoms with Crippen LogP contribution in [0.2, 0.25) is 5.02 Å². The minimum atomic E-state index is -4.76. The first-order valence-electron chi connectivity index (χ1n) is 7.22. The summed E-state index contributed by atoms with van der Waals surface area (Å²) in [4.78, 5) is 0. The van der Waals surface area contributed by atoms with Crippen LogP contribution in [0.5, 0.6) is 0 Å². The third-order valence-electron chi connectivity index (χ3n) is 4.27. The van der Waals surface area contributed by atoms with Crippen molar-refractivity contribution in [1.82, 2.24) is 0 Å². The van der Waals surface area contributed by atoms with Crippen molar-refractivity contribution >= 4 is 11.6 Å². The van der Waals surface area contributed by atoms with E-state index in [4.69, 9.17) is 17.3 Å². The van der Waals surface area contributed by atoms with Crippen LogP contribution in [0.4, 0.5) is 17.6 Å². The molecule has 0 aliphatic heterocycles. The summed E-state index contributed by atoms with van der Waals surface area (Å²) in [7, 11) is 0. The van der Waals surface area contributed by atoms with Gasteiger partial charge in [-0.1, -0.05) is 30.9 Å². The fourth-order valence-electron chi connectivity index (χ4n) is 3.08. The first-order valence-corrected chi connectivity index (χ1v) is 7.60. The standard InChI is InChI=1S/C15H18ClF4NO/c16-10-7-6-9(15(18,19)20)11(12(10)17)13(21)14(22)8-4-2-1-3-5-8/h6-8,13-14,22H,1-5,21H2/t13-,14+/m0/s1. The van der Waals surface area contributed by atoms with Gasteiger partial charge < -0.3 is 10.8 Å². The quantitative estimate of drug-likeness (QED) is 0.800. The van der Waals surface area contributed by atoms with Crippen LogP contribution >= 0.6 is 11.6 Å². The molecule has 22 heavy (non-hydrogen) atoms. The zero-order valence-electron chi connectivity index (χ0n) is 11.8. The maximum absolute atomic E-state index is 14.1. The second kappa shape index (κ2) is 6.72. The molecular formula is C15H18ClF4NO. The Morgan fingerprint density at radius 2 is 1.77 bits per heavy atom. The molecule has 124 valence electrons. The van der Waals surface area contributed by atoms with E-state index in [0.717, 1.165) is 25.3 Å². The Labute approximate surface area is 131 Å². The summed E-state index contributed by atoms with van der Waals surface area (Å²) in [6.07, 6.45) is -1.83. The Balaban J connectivity index is 2.39. The SMILES string of the molecule is N[C@@H](c1c(C(F)(F)F)ccc(Cl)c1F)[C@H](O)C1CCCCC1. The van der Waals surface area contributed by atoms with Crippen molar-refractivity contribution in [3.05, 3.63) is 34.1 Å². The highest BCUT2D eigenvalue weighted by molar-refractivity contribution is 6.30. The lowest BCUT2D eigenvalue weighted by Gasteiger charge is -2.32. The van der Waals surface area contributed by atoms with Gasteiger partial charge >= 0.3 is 6.18 Å². The normalized spacial score (nSPS) is 20.0. The van der Waals surface area contributed by atoms with Crippen molar-refractivity contribution in [3.63, 3.8) is 0 Å². The monoisotopic (exact) mass is 339 g/mol. The average Bonchev–Trinajstić information content (AvgIpc) is 2.48. The molecule has 1 fully saturated rings. The molecule has 7 heteroatoms. The Hall–Kier alpha value is -0.850. The van der Waals surface area contributed by atoms with Crippen LogP contribution in [0.25, 0.3) is 0 Å². The molecule has 0 heterocycles. The predicted octanol–water partition coefficient (Wildman–Crippen LogP) is 4.44. The van der Waals surface area contributed by atoms with Crippen molar-refractivity contribution in [2.24, 2.45) is 11.7 Å². The Bertz CT molecular complexity index is 529. The summed E-state index contributed by atoms with van der Waals surface area (Å²) >= 11 is 5.59. The zero-order valence-corrected chi connectivity index (χ0v) is 12.6. The molecule has 0 aromatic heterocycles. The number of benzene rings is 1. The second-order valence-corrected chi connectivity index (χ2v) is 6.14. The van der Waals surface area contributed by atoms with E-state index in [1.54, 1.807) is 0 Å². The van der Waals surface area contributed by atoms with Gasteiger partial charge in [-0.05, 0) is 30.9 Å². The van der Waals surface area contributed by atoms with Crippen LogP contribution in [-0.2, 0) is 6.18 Å². The molecule has 2 atom stereocenters. The van der Waals surface area contributed by atoms with Crippen molar-refractivity contribution in [2.45, 2.75) is 50.4 Å². The van der Waals surface area contributed by atoms with Gasteiger partial charge in [-0.25, -0.2) is 4.39 Å². The maximum Gasteiger partial charge on any atom is 0.416 e. The van der Waals surface area contributed by atoms with Crippen LogP contribution < -0.4 is 5.73 Å². The Kier molecular flexibility index (Phi) is 5.35. The van der Waals surface area contributed by atoms with Gasteiger partial charge in [0, 0.05) is 5.56 Å². The topological polar surface area (TPSA) is 46.2 Å². The summed E-state index contributed by atoms with van der Waals surface area (Å²) < 4.78 is 53.4. The number of hydrogen-bond donors (Lipinski definition) is 2. The van der Waals surface area contributed by atoms with E-state index < -0.39 is 40.3 Å². The molecule has 2 nitrogen and oxygen atoms in total. The Morgan fingerprint density at radius 1 is 1.18 bits per heavy atom. The van der Waals surface area contributed by atoms with Crippen LogP contribution in [0, 0.1) is 11.7 Å². The van der Waals surface area contributed by atoms with E-state index in [1.807, 2.05) is 0 Å². The van der Waals surface area contributed by atoms with Gasteiger partial charge in [0.25, 0.3) is 0 Å². The molecule has 2 rings (SSSR count). The summed E-state index contributed by atoms with van der Waals surface area (Å²) in [6.45, 7) is 0. The van der Waals surface area contributed by atoms with Crippen LogP contribution in [0.15, 0.2) is 12.1 Å². The largest absolute Gasteiger partial charge is 0.416 e. The van der Waals surface area contributed by atoms with Crippen molar-refractivity contribution in [3.8, 4) is 0 Å². The fourth-order valence-corrected chi connectivity index (χ4v) is 3.24. The van der Waals surface area contributed by atoms with E-state index in [2.05, 4.69) is 0 Å². The third kappa shape index (κ3) is 3.55. The highest BCUT2D eigenvalue weighted by Crippen LogP contribution is 2.40. The molecule has 0 bridgehead atoms. The van der Waals surface area contributed by atoms with E-state index >= 15 is 0 Å². The van der Waals surface area contributed by atoms with E-state index in [-0.39, 0.29) is 5.92 Å². The first kappa shape index (κ1) is 17.5. The number of hydrogen-bond acceptors (Lipinski definition) is 2. The number of halogens is 5. The zero-order chi connectivity index (χ0) is 16.5. The molecule has 1 aliphatic rings. The fraction of sp³-hybridized carbons (Fsp3) is 0.600. The van der Waals surface area contributed by atoms with Gasteiger partial charge in [0.05, 0.1) is 22.7 Å². The van der Waals surface area contributed by atoms with Gasteiger partial charge in [0.15, 0.2) is 0 Å². The van der Waals surface area contributed by atoms with Crippen LogP contribution in [-0.4, -0.2) is 11.2 Å². The van der Waals surface area contributed by atoms with E-state index in [9.17, 15) is 22.7 Å². The van der Waals surface area contributed by atoms with Gasteiger partial charge in [-0.2, -0.15) is 13.2 Å². The summed E-state index contributed by atoms with van der Waals surface area (Å²) in [5, 5.41) is 9.86. The highest BCUT2D eigenvalue weighted by atomic mass is 35.5. The van der Waals surface area contributed by atoms with E-state index in [1.165, 1.54) is 0 Å². The lowest BCUT2D eigenvalue weighted by Crippen LogP contribution is -2.36. The van der Waals surface area contributed by atoms with Gasteiger partial charge in [0.2, 0.25) is 0 Å². The molecule has 1 aromatic carbocycles. The second-order valence-electron chi connectivity index (χ2n) is 5.73. The number of rotatable bonds is 3. The molecule has 0 radical (unpaired) electrons. The highest BCUT2D eigenvalue weighted by Gasteiger charge is 2.39. The van der Waals surface area contributed by atoms with Gasteiger partial charge in [0.1, 0.15) is 5.82 Å². The first-order chi connectivity index (χ1) is 10.2. The van der Waals surface area contributed by atoms with Crippen LogP contribution in [0.1, 0.15) is 49.3 Å². The van der Waals surface area contributed by atoms with Gasteiger partial charge in [-0.15, -0.1) is 0 Å². The summed E-state index contributed by atoms with van der Waals surface area (Å²) in [5.74, 6) is -1.43.